The second-order valence-corrected chi connectivity index (χ2v) is 5.84. The topological polar surface area (TPSA) is 26.0 Å². The monoisotopic (exact) mass is 211 g/mol. The van der Waals surface area contributed by atoms with Gasteiger partial charge in [-0.15, -0.1) is 0 Å². The van der Waals surface area contributed by atoms with Crippen LogP contribution in [0.5, 0.6) is 0 Å². The Morgan fingerprint density at radius 1 is 1.27 bits per heavy atom. The van der Waals surface area contributed by atoms with E-state index in [1.54, 1.807) is 0 Å². The van der Waals surface area contributed by atoms with E-state index >= 15 is 0 Å². The van der Waals surface area contributed by atoms with Crippen molar-refractivity contribution in [2.45, 2.75) is 60.4 Å². The van der Waals surface area contributed by atoms with Crippen molar-refractivity contribution in [3.8, 4) is 0 Å². The molecule has 0 aliphatic carbocycles. The molecule has 15 heavy (non-hydrogen) atoms. The van der Waals surface area contributed by atoms with Crippen LogP contribution in [0.25, 0.3) is 0 Å². The minimum Gasteiger partial charge on any atom is -0.321 e. The normalized spacial score (nSPS) is 18.7. The smallest absolute Gasteiger partial charge is 0.0443 e. The van der Waals surface area contributed by atoms with Gasteiger partial charge in [-0.25, -0.2) is 0 Å². The molecule has 0 aliphatic rings. The van der Waals surface area contributed by atoms with Gasteiger partial charge in [0.15, 0.2) is 0 Å². The summed E-state index contributed by atoms with van der Waals surface area (Å²) in [4.78, 5) is 0. The van der Waals surface area contributed by atoms with Crippen LogP contribution < -0.4 is 5.73 Å². The van der Waals surface area contributed by atoms with Crippen molar-refractivity contribution in [3.05, 3.63) is 12.2 Å². The van der Waals surface area contributed by atoms with Gasteiger partial charge in [-0.1, -0.05) is 60.1 Å². The Labute approximate surface area is 96.1 Å². The minimum atomic E-state index is -0.268. The first-order valence-corrected chi connectivity index (χ1v) is 6.07. The molecular formula is C14H29N. The van der Waals surface area contributed by atoms with Crippen molar-refractivity contribution in [1.29, 1.82) is 0 Å². The summed E-state index contributed by atoms with van der Waals surface area (Å²) in [7, 11) is 0. The van der Waals surface area contributed by atoms with E-state index in [9.17, 15) is 0 Å². The van der Waals surface area contributed by atoms with Crippen LogP contribution in [0.4, 0.5) is 0 Å². The Morgan fingerprint density at radius 2 is 1.67 bits per heavy atom. The van der Waals surface area contributed by atoms with Crippen LogP contribution in [-0.2, 0) is 0 Å². The van der Waals surface area contributed by atoms with Crippen LogP contribution in [0, 0.1) is 17.3 Å². The summed E-state index contributed by atoms with van der Waals surface area (Å²) in [5.41, 5.74) is 7.59. The molecule has 0 heterocycles. The molecular weight excluding hydrogens is 182 g/mol. The lowest BCUT2D eigenvalue weighted by atomic mass is 9.58. The summed E-state index contributed by atoms with van der Waals surface area (Å²) >= 11 is 0. The van der Waals surface area contributed by atoms with Crippen LogP contribution in [0.1, 0.15) is 54.9 Å². The Morgan fingerprint density at radius 3 is 1.87 bits per heavy atom. The second kappa shape index (κ2) is 4.69. The van der Waals surface area contributed by atoms with Gasteiger partial charge in [0.2, 0.25) is 0 Å². The standard InChI is InChI=1S/C14H29N/c1-9-12(6)14(15,11(4)5)13(7,8)10(2)3/h10,12H,4,9,15H2,1-3,5-8H3. The van der Waals surface area contributed by atoms with E-state index in [2.05, 4.69) is 55.0 Å². The fourth-order valence-corrected chi connectivity index (χ4v) is 2.41. The fourth-order valence-electron chi connectivity index (χ4n) is 2.41. The maximum absolute atomic E-state index is 6.67. The molecule has 2 unspecified atom stereocenters. The minimum absolute atomic E-state index is 0.0776. The van der Waals surface area contributed by atoms with Gasteiger partial charge in [-0.3, -0.25) is 0 Å². The highest BCUT2D eigenvalue weighted by atomic mass is 14.8. The van der Waals surface area contributed by atoms with Gasteiger partial charge in [0.1, 0.15) is 0 Å². The Bertz CT molecular complexity index is 227. The molecule has 1 nitrogen and oxygen atoms in total. The van der Waals surface area contributed by atoms with Gasteiger partial charge in [0, 0.05) is 5.54 Å². The highest BCUT2D eigenvalue weighted by molar-refractivity contribution is 5.21. The van der Waals surface area contributed by atoms with E-state index in [0.29, 0.717) is 11.8 Å². The largest absolute Gasteiger partial charge is 0.321 e. The number of hydrogen-bond donors (Lipinski definition) is 1. The van der Waals surface area contributed by atoms with Crippen molar-refractivity contribution in [2.24, 2.45) is 23.0 Å². The molecule has 0 fully saturated rings. The molecule has 0 aliphatic heterocycles. The zero-order chi connectivity index (χ0) is 12.4. The Balaban J connectivity index is 5.39. The van der Waals surface area contributed by atoms with Crippen molar-refractivity contribution in [3.63, 3.8) is 0 Å². The maximum Gasteiger partial charge on any atom is 0.0443 e. The molecule has 1 heteroatoms. The fraction of sp³-hybridized carbons (Fsp3) is 0.857. The molecule has 0 aromatic rings. The van der Waals surface area contributed by atoms with Gasteiger partial charge in [-0.2, -0.15) is 0 Å². The average Bonchev–Trinajstić information content (AvgIpc) is 2.14. The molecule has 0 aromatic carbocycles. The lowest BCUT2D eigenvalue weighted by Crippen LogP contribution is -2.59. The first kappa shape index (κ1) is 14.7. The van der Waals surface area contributed by atoms with Crippen LogP contribution in [0.2, 0.25) is 0 Å². The van der Waals surface area contributed by atoms with Crippen molar-refractivity contribution in [2.75, 3.05) is 0 Å². The van der Waals surface area contributed by atoms with Gasteiger partial charge in [-0.05, 0) is 24.2 Å². The molecule has 0 radical (unpaired) electrons. The first-order chi connectivity index (χ1) is 6.62. The van der Waals surface area contributed by atoms with Crippen LogP contribution in [0.15, 0.2) is 12.2 Å². The van der Waals surface area contributed by atoms with E-state index in [-0.39, 0.29) is 11.0 Å². The Kier molecular flexibility index (Phi) is 4.60. The summed E-state index contributed by atoms with van der Waals surface area (Å²) in [5.74, 6) is 1.01. The third-order valence-electron chi connectivity index (χ3n) is 4.61. The molecule has 90 valence electrons. The number of nitrogens with two attached hydrogens (primary N) is 1. The summed E-state index contributed by atoms with van der Waals surface area (Å²) < 4.78 is 0. The summed E-state index contributed by atoms with van der Waals surface area (Å²) in [5, 5.41) is 0. The predicted octanol–water partition coefficient (Wildman–Crippen LogP) is 3.99. The highest BCUT2D eigenvalue weighted by Crippen LogP contribution is 2.45. The second-order valence-electron chi connectivity index (χ2n) is 5.84. The van der Waals surface area contributed by atoms with Crippen LogP contribution in [0.3, 0.4) is 0 Å². The van der Waals surface area contributed by atoms with Gasteiger partial charge in [0.25, 0.3) is 0 Å². The van der Waals surface area contributed by atoms with Crippen molar-refractivity contribution >= 4 is 0 Å². The number of rotatable bonds is 5. The molecule has 0 amide bonds. The van der Waals surface area contributed by atoms with E-state index in [1.165, 1.54) is 0 Å². The third-order valence-corrected chi connectivity index (χ3v) is 4.61. The Hall–Kier alpha value is -0.300. The quantitative estimate of drug-likeness (QED) is 0.684. The molecule has 0 rings (SSSR count). The molecule has 0 bridgehead atoms. The highest BCUT2D eigenvalue weighted by Gasteiger charge is 2.47. The zero-order valence-corrected chi connectivity index (χ0v) is 11.6. The lowest BCUT2D eigenvalue weighted by Gasteiger charge is -2.51. The zero-order valence-electron chi connectivity index (χ0n) is 11.6. The summed E-state index contributed by atoms with van der Waals surface area (Å²) in [6.45, 7) is 19.6. The molecule has 2 atom stereocenters. The van der Waals surface area contributed by atoms with E-state index in [0.717, 1.165) is 12.0 Å². The van der Waals surface area contributed by atoms with Gasteiger partial charge < -0.3 is 5.73 Å². The predicted molar refractivity (Wildman–Crippen MR) is 69.8 cm³/mol. The average molecular weight is 211 g/mol. The van der Waals surface area contributed by atoms with Crippen molar-refractivity contribution < 1.29 is 0 Å². The molecule has 2 N–H and O–H groups in total. The van der Waals surface area contributed by atoms with E-state index < -0.39 is 0 Å². The third kappa shape index (κ3) is 2.28. The summed E-state index contributed by atoms with van der Waals surface area (Å²) in [6, 6.07) is 0. The van der Waals surface area contributed by atoms with E-state index in [1.807, 2.05) is 0 Å². The SMILES string of the molecule is C=C(C)C(N)(C(C)CC)C(C)(C)C(C)C. The molecule has 0 saturated carbocycles. The summed E-state index contributed by atoms with van der Waals surface area (Å²) in [6.07, 6.45) is 1.10. The molecule has 0 aromatic heterocycles. The van der Waals surface area contributed by atoms with Gasteiger partial charge >= 0.3 is 0 Å². The van der Waals surface area contributed by atoms with Crippen LogP contribution in [-0.4, -0.2) is 5.54 Å². The lowest BCUT2D eigenvalue weighted by molar-refractivity contribution is 0.0828. The molecule has 0 spiro atoms. The van der Waals surface area contributed by atoms with Crippen molar-refractivity contribution in [1.82, 2.24) is 0 Å². The maximum atomic E-state index is 6.67. The van der Waals surface area contributed by atoms with Crippen LogP contribution >= 0.6 is 0 Å². The number of hydrogen-bond acceptors (Lipinski definition) is 1. The van der Waals surface area contributed by atoms with E-state index in [4.69, 9.17) is 5.73 Å². The van der Waals surface area contributed by atoms with Gasteiger partial charge in [0.05, 0.1) is 0 Å². The first-order valence-electron chi connectivity index (χ1n) is 6.07. The molecule has 0 saturated heterocycles.